The highest BCUT2D eigenvalue weighted by Crippen LogP contribution is 2.27. The molecule has 0 amide bonds. The van der Waals surface area contributed by atoms with Crippen molar-refractivity contribution in [1.82, 2.24) is 10.3 Å². The second kappa shape index (κ2) is 6.75. The molecule has 1 aromatic rings. The van der Waals surface area contributed by atoms with Gasteiger partial charge in [-0.05, 0) is 51.2 Å². The zero-order chi connectivity index (χ0) is 14.7. The molecule has 1 heterocycles. The molecule has 2 unspecified atom stereocenters. The fraction of sp³-hybridized carbons (Fsp3) is 0.706. The van der Waals surface area contributed by atoms with Crippen LogP contribution in [0.25, 0.3) is 0 Å². The molecule has 2 saturated carbocycles. The van der Waals surface area contributed by atoms with Gasteiger partial charge in [-0.2, -0.15) is 0 Å². The lowest BCUT2D eigenvalue weighted by Gasteiger charge is -2.29. The van der Waals surface area contributed by atoms with Gasteiger partial charge in [0.2, 0.25) is 0 Å². The Morgan fingerprint density at radius 1 is 1.19 bits per heavy atom. The largest absolute Gasteiger partial charge is 0.488 e. The van der Waals surface area contributed by atoms with Gasteiger partial charge in [-0.1, -0.05) is 0 Å². The van der Waals surface area contributed by atoms with E-state index in [0.717, 1.165) is 42.9 Å². The number of aromatic nitrogens is 1. The minimum Gasteiger partial charge on any atom is -0.488 e. The van der Waals surface area contributed by atoms with Crippen molar-refractivity contribution in [1.29, 1.82) is 0 Å². The van der Waals surface area contributed by atoms with Gasteiger partial charge in [0.25, 0.3) is 0 Å². The molecule has 3 rings (SSSR count). The van der Waals surface area contributed by atoms with Crippen LogP contribution >= 0.6 is 0 Å². The van der Waals surface area contributed by atoms with Gasteiger partial charge >= 0.3 is 0 Å². The molecule has 0 bridgehead atoms. The Morgan fingerprint density at radius 2 is 2.00 bits per heavy atom. The van der Waals surface area contributed by atoms with E-state index in [2.05, 4.69) is 16.4 Å². The zero-order valence-corrected chi connectivity index (χ0v) is 13.1. The van der Waals surface area contributed by atoms with Crippen LogP contribution in [0.4, 0.5) is 0 Å². The number of nitrogens with one attached hydrogen (secondary N) is 1. The third-order valence-corrected chi connectivity index (χ3v) is 4.41. The van der Waals surface area contributed by atoms with Crippen molar-refractivity contribution in [2.75, 3.05) is 7.11 Å². The molecule has 0 aromatic carbocycles. The van der Waals surface area contributed by atoms with E-state index >= 15 is 0 Å². The smallest absolute Gasteiger partial charge is 0.142 e. The predicted octanol–water partition coefficient (Wildman–Crippen LogP) is 2.98. The summed E-state index contributed by atoms with van der Waals surface area (Å²) in [5, 5.41) is 3.53. The van der Waals surface area contributed by atoms with Crippen LogP contribution in [-0.2, 0) is 11.3 Å². The highest BCUT2D eigenvalue weighted by Gasteiger charge is 2.25. The number of rotatable bonds is 6. The van der Waals surface area contributed by atoms with Gasteiger partial charge in [-0.25, -0.2) is 0 Å². The molecule has 0 saturated heterocycles. The van der Waals surface area contributed by atoms with Crippen LogP contribution in [0.1, 0.15) is 49.9 Å². The number of aryl methyl sites for hydroxylation is 1. The SMILES string of the molecule is COC1CCCC(Oc2ccc(C)nc2CNC2CC2)C1. The van der Waals surface area contributed by atoms with E-state index in [9.17, 15) is 0 Å². The molecule has 1 aromatic heterocycles. The maximum Gasteiger partial charge on any atom is 0.142 e. The summed E-state index contributed by atoms with van der Waals surface area (Å²) in [5.74, 6) is 0.940. The molecule has 4 nitrogen and oxygen atoms in total. The number of hydrogen-bond donors (Lipinski definition) is 1. The van der Waals surface area contributed by atoms with E-state index in [1.165, 1.54) is 19.3 Å². The Labute approximate surface area is 127 Å². The molecule has 0 aliphatic heterocycles. The van der Waals surface area contributed by atoms with E-state index in [1.54, 1.807) is 7.11 Å². The highest BCUT2D eigenvalue weighted by molar-refractivity contribution is 5.29. The van der Waals surface area contributed by atoms with Gasteiger partial charge in [0, 0.05) is 31.8 Å². The van der Waals surface area contributed by atoms with Gasteiger partial charge in [0.15, 0.2) is 0 Å². The standard InChI is InChI=1S/C17H26N2O2/c1-12-6-9-17(16(19-12)11-18-13-7-8-13)21-15-5-3-4-14(10-15)20-2/h6,9,13-15,18H,3-5,7-8,10-11H2,1-2H3. The molecule has 116 valence electrons. The molecule has 1 N–H and O–H groups in total. The maximum absolute atomic E-state index is 6.24. The van der Waals surface area contributed by atoms with Crippen LogP contribution in [0, 0.1) is 6.92 Å². The predicted molar refractivity (Wildman–Crippen MR) is 82.5 cm³/mol. The third kappa shape index (κ3) is 4.17. The van der Waals surface area contributed by atoms with Crippen LogP contribution in [-0.4, -0.2) is 30.3 Å². The fourth-order valence-corrected chi connectivity index (χ4v) is 2.96. The first kappa shape index (κ1) is 14.8. The van der Waals surface area contributed by atoms with Crippen molar-refractivity contribution in [3.05, 3.63) is 23.5 Å². The summed E-state index contributed by atoms with van der Waals surface area (Å²) in [5.41, 5.74) is 2.09. The van der Waals surface area contributed by atoms with Gasteiger partial charge in [-0.3, -0.25) is 4.98 Å². The van der Waals surface area contributed by atoms with Gasteiger partial charge in [0.05, 0.1) is 11.8 Å². The number of pyridine rings is 1. The van der Waals surface area contributed by atoms with Crippen molar-refractivity contribution in [3.63, 3.8) is 0 Å². The topological polar surface area (TPSA) is 43.4 Å². The normalized spacial score (nSPS) is 25.8. The number of methoxy groups -OCH3 is 1. The fourth-order valence-electron chi connectivity index (χ4n) is 2.96. The van der Waals surface area contributed by atoms with E-state index in [0.29, 0.717) is 12.1 Å². The number of ether oxygens (including phenoxy) is 2. The van der Waals surface area contributed by atoms with Crippen molar-refractivity contribution in [3.8, 4) is 5.75 Å². The lowest BCUT2D eigenvalue weighted by atomic mass is 9.95. The minimum atomic E-state index is 0.257. The molecule has 2 fully saturated rings. The van der Waals surface area contributed by atoms with Crippen molar-refractivity contribution in [2.45, 2.75) is 70.2 Å². The van der Waals surface area contributed by atoms with Crippen molar-refractivity contribution < 1.29 is 9.47 Å². The average Bonchev–Trinajstić information content (AvgIpc) is 3.32. The monoisotopic (exact) mass is 290 g/mol. The van der Waals surface area contributed by atoms with E-state index < -0.39 is 0 Å². The molecule has 0 spiro atoms. The molecule has 4 heteroatoms. The maximum atomic E-state index is 6.24. The Morgan fingerprint density at radius 3 is 2.76 bits per heavy atom. The summed E-state index contributed by atoms with van der Waals surface area (Å²) >= 11 is 0. The quantitative estimate of drug-likeness (QED) is 0.874. The lowest BCUT2D eigenvalue weighted by Crippen LogP contribution is -2.30. The van der Waals surface area contributed by atoms with Crippen molar-refractivity contribution >= 4 is 0 Å². The summed E-state index contributed by atoms with van der Waals surface area (Å²) < 4.78 is 11.7. The Hall–Kier alpha value is -1.13. The van der Waals surface area contributed by atoms with Crippen LogP contribution < -0.4 is 10.1 Å². The Balaban J connectivity index is 1.65. The van der Waals surface area contributed by atoms with Gasteiger partial charge in [-0.15, -0.1) is 0 Å². The zero-order valence-electron chi connectivity index (χ0n) is 13.1. The first-order chi connectivity index (χ1) is 10.2. The molecule has 21 heavy (non-hydrogen) atoms. The molecular weight excluding hydrogens is 264 g/mol. The van der Waals surface area contributed by atoms with E-state index in [4.69, 9.17) is 9.47 Å². The lowest BCUT2D eigenvalue weighted by molar-refractivity contribution is 0.0205. The summed E-state index contributed by atoms with van der Waals surface area (Å²) in [6, 6.07) is 4.79. The van der Waals surface area contributed by atoms with Gasteiger partial charge in [0.1, 0.15) is 11.9 Å². The number of nitrogens with zero attached hydrogens (tertiary/aromatic N) is 1. The van der Waals surface area contributed by atoms with Crippen LogP contribution in [0.5, 0.6) is 5.75 Å². The second-order valence-corrected chi connectivity index (χ2v) is 6.32. The molecule has 0 radical (unpaired) electrons. The molecule has 2 aliphatic carbocycles. The Kier molecular flexibility index (Phi) is 4.76. The molecule has 2 aliphatic rings. The highest BCUT2D eigenvalue weighted by atomic mass is 16.5. The van der Waals surface area contributed by atoms with E-state index in [-0.39, 0.29) is 6.10 Å². The summed E-state index contributed by atoms with van der Waals surface area (Å²) in [6.45, 7) is 2.84. The summed E-state index contributed by atoms with van der Waals surface area (Å²) in [7, 11) is 1.80. The first-order valence-corrected chi connectivity index (χ1v) is 8.14. The van der Waals surface area contributed by atoms with Crippen LogP contribution in [0.2, 0.25) is 0 Å². The molecule has 2 atom stereocenters. The average molecular weight is 290 g/mol. The van der Waals surface area contributed by atoms with Crippen molar-refractivity contribution in [2.24, 2.45) is 0 Å². The Bertz CT molecular complexity index is 474. The van der Waals surface area contributed by atoms with Crippen LogP contribution in [0.3, 0.4) is 0 Å². The van der Waals surface area contributed by atoms with E-state index in [1.807, 2.05) is 13.0 Å². The minimum absolute atomic E-state index is 0.257. The van der Waals surface area contributed by atoms with Gasteiger partial charge < -0.3 is 14.8 Å². The molecular formula is C17H26N2O2. The summed E-state index contributed by atoms with van der Waals surface area (Å²) in [6.07, 6.45) is 7.61. The number of hydrogen-bond acceptors (Lipinski definition) is 4. The first-order valence-electron chi connectivity index (χ1n) is 8.14. The summed E-state index contributed by atoms with van der Waals surface area (Å²) in [4.78, 5) is 4.66. The third-order valence-electron chi connectivity index (χ3n) is 4.41. The van der Waals surface area contributed by atoms with Crippen LogP contribution in [0.15, 0.2) is 12.1 Å². The second-order valence-electron chi connectivity index (χ2n) is 6.32.